The summed E-state index contributed by atoms with van der Waals surface area (Å²) in [4.78, 5) is 2.70. The topological polar surface area (TPSA) is 15.3 Å². The van der Waals surface area contributed by atoms with Gasteiger partial charge >= 0.3 is 0 Å². The predicted octanol–water partition coefficient (Wildman–Crippen LogP) is 2.65. The van der Waals surface area contributed by atoms with E-state index in [0.717, 1.165) is 6.04 Å². The maximum absolute atomic E-state index is 3.58. The van der Waals surface area contributed by atoms with Gasteiger partial charge < -0.3 is 0 Å². The molecule has 1 heterocycles. The van der Waals surface area contributed by atoms with E-state index < -0.39 is 0 Å². The maximum Gasteiger partial charge on any atom is 0.108 e. The quantitative estimate of drug-likeness (QED) is 0.782. The smallest absolute Gasteiger partial charge is 0.108 e. The Bertz CT molecular complexity index is 178. The van der Waals surface area contributed by atoms with E-state index in [1.165, 1.54) is 58.0 Å². The predicted molar refractivity (Wildman–Crippen MR) is 68.1 cm³/mol. The Balaban J connectivity index is 1.88. The van der Waals surface area contributed by atoms with E-state index in [1.807, 2.05) is 11.8 Å². The third-order valence-corrected chi connectivity index (χ3v) is 4.64. The molecule has 0 aromatic rings. The summed E-state index contributed by atoms with van der Waals surface area (Å²) in [6.45, 7) is 2.44. The molecule has 3 heteroatoms. The number of nitrogens with one attached hydrogen (secondary N) is 1. The molecule has 1 aliphatic heterocycles. The molecule has 1 saturated heterocycles. The lowest BCUT2D eigenvalue weighted by Crippen LogP contribution is -2.40. The van der Waals surface area contributed by atoms with Crippen LogP contribution in [0.5, 0.6) is 0 Å². The van der Waals surface area contributed by atoms with Gasteiger partial charge in [-0.1, -0.05) is 32.1 Å². The van der Waals surface area contributed by atoms with Gasteiger partial charge in [-0.25, -0.2) is 0 Å². The van der Waals surface area contributed by atoms with Gasteiger partial charge in [0.1, 0.15) is 5.50 Å². The third-order valence-electron chi connectivity index (χ3n) is 3.76. The van der Waals surface area contributed by atoms with Crippen molar-refractivity contribution in [1.29, 1.82) is 0 Å². The van der Waals surface area contributed by atoms with Crippen molar-refractivity contribution < 1.29 is 0 Å². The number of thioether (sulfide) groups is 1. The molecule has 15 heavy (non-hydrogen) atoms. The highest BCUT2D eigenvalue weighted by molar-refractivity contribution is 7.99. The Labute approximate surface area is 98.2 Å². The van der Waals surface area contributed by atoms with E-state index in [0.29, 0.717) is 5.50 Å². The van der Waals surface area contributed by atoms with Crippen LogP contribution in [-0.2, 0) is 0 Å². The highest BCUT2D eigenvalue weighted by Gasteiger charge is 2.29. The molecule has 0 amide bonds. The number of rotatable bonds is 2. The van der Waals surface area contributed by atoms with Crippen LogP contribution in [0.15, 0.2) is 0 Å². The van der Waals surface area contributed by atoms with Crippen molar-refractivity contribution in [1.82, 2.24) is 10.2 Å². The number of hydrogen-bond donors (Lipinski definition) is 1. The molecule has 1 saturated carbocycles. The summed E-state index contributed by atoms with van der Waals surface area (Å²) in [6, 6.07) is 0.859. The van der Waals surface area contributed by atoms with Crippen LogP contribution in [0.1, 0.15) is 44.9 Å². The molecule has 0 aromatic heterocycles. The largest absolute Gasteiger partial charge is 0.292 e. The lowest BCUT2D eigenvalue weighted by atomic mass is 9.96. The Kier molecular flexibility index (Phi) is 4.79. The fraction of sp³-hybridized carbons (Fsp3) is 1.00. The zero-order valence-electron chi connectivity index (χ0n) is 9.87. The van der Waals surface area contributed by atoms with Crippen LogP contribution in [0, 0.1) is 0 Å². The lowest BCUT2D eigenvalue weighted by molar-refractivity contribution is 0.186. The molecular formula is C12H24N2S. The van der Waals surface area contributed by atoms with E-state index in [-0.39, 0.29) is 0 Å². The van der Waals surface area contributed by atoms with Crippen LogP contribution in [0.25, 0.3) is 0 Å². The molecule has 0 bridgehead atoms. The van der Waals surface area contributed by atoms with Gasteiger partial charge in [-0.3, -0.25) is 10.2 Å². The minimum atomic E-state index is 0.592. The van der Waals surface area contributed by atoms with Crippen LogP contribution < -0.4 is 5.32 Å². The van der Waals surface area contributed by atoms with Gasteiger partial charge in [0, 0.05) is 19.1 Å². The summed E-state index contributed by atoms with van der Waals surface area (Å²) in [6.07, 6.45) is 12.4. The highest BCUT2D eigenvalue weighted by atomic mass is 32.2. The summed E-state index contributed by atoms with van der Waals surface area (Å²) in [5, 5.41) is 3.58. The minimum Gasteiger partial charge on any atom is -0.292 e. The summed E-state index contributed by atoms with van der Waals surface area (Å²) in [5.41, 5.74) is 0.592. The lowest BCUT2D eigenvalue weighted by Gasteiger charge is -2.32. The van der Waals surface area contributed by atoms with E-state index in [4.69, 9.17) is 0 Å². The second-order valence-corrected chi connectivity index (χ2v) is 5.70. The normalized spacial score (nSPS) is 31.4. The summed E-state index contributed by atoms with van der Waals surface area (Å²) >= 11 is 1.96. The fourth-order valence-electron chi connectivity index (χ4n) is 2.91. The number of nitrogens with zero attached hydrogens (tertiary/aromatic N) is 1. The molecule has 2 aliphatic rings. The summed E-state index contributed by atoms with van der Waals surface area (Å²) < 4.78 is 0. The first-order valence-corrected chi connectivity index (χ1v) is 7.72. The minimum absolute atomic E-state index is 0.592. The van der Waals surface area contributed by atoms with Crippen LogP contribution >= 0.6 is 11.8 Å². The van der Waals surface area contributed by atoms with Crippen LogP contribution in [0.4, 0.5) is 0 Å². The molecule has 0 spiro atoms. The summed E-state index contributed by atoms with van der Waals surface area (Å²) in [7, 11) is 0. The van der Waals surface area contributed by atoms with Crippen molar-refractivity contribution in [2.75, 3.05) is 19.3 Å². The molecule has 1 aliphatic carbocycles. The molecule has 0 aromatic carbocycles. The first-order valence-electron chi connectivity index (χ1n) is 6.44. The average Bonchev–Trinajstić information content (AvgIpc) is 2.65. The molecular weight excluding hydrogens is 204 g/mol. The van der Waals surface area contributed by atoms with Gasteiger partial charge in [-0.15, -0.1) is 11.8 Å². The van der Waals surface area contributed by atoms with Gasteiger partial charge in [0.25, 0.3) is 0 Å². The molecule has 0 radical (unpaired) electrons. The van der Waals surface area contributed by atoms with Crippen molar-refractivity contribution in [3.63, 3.8) is 0 Å². The monoisotopic (exact) mass is 228 g/mol. The Morgan fingerprint density at radius 3 is 2.40 bits per heavy atom. The van der Waals surface area contributed by atoms with Crippen molar-refractivity contribution in [2.24, 2.45) is 0 Å². The van der Waals surface area contributed by atoms with Crippen molar-refractivity contribution >= 4 is 11.8 Å². The van der Waals surface area contributed by atoms with Gasteiger partial charge in [0.15, 0.2) is 0 Å². The van der Waals surface area contributed by atoms with Gasteiger partial charge in [-0.05, 0) is 19.1 Å². The zero-order valence-corrected chi connectivity index (χ0v) is 10.7. The first-order chi connectivity index (χ1) is 7.42. The fourth-order valence-corrected chi connectivity index (χ4v) is 3.74. The number of hydrogen-bond acceptors (Lipinski definition) is 3. The standard InChI is InChI=1S/C12H24N2S/c1-15-12-13-9-10-14(12)11-7-5-3-2-4-6-8-11/h11-13H,2-10H2,1H3. The average molecular weight is 228 g/mol. The van der Waals surface area contributed by atoms with Crippen molar-refractivity contribution in [3.05, 3.63) is 0 Å². The Hall–Kier alpha value is 0.270. The van der Waals surface area contributed by atoms with E-state index in [9.17, 15) is 0 Å². The molecule has 1 atom stereocenters. The first kappa shape index (κ1) is 11.7. The van der Waals surface area contributed by atoms with E-state index in [2.05, 4.69) is 16.5 Å². The Morgan fingerprint density at radius 1 is 1.07 bits per heavy atom. The maximum atomic E-state index is 3.58. The van der Waals surface area contributed by atoms with E-state index in [1.54, 1.807) is 0 Å². The SMILES string of the molecule is CSC1NCCN1C1CCCCCCC1. The molecule has 2 nitrogen and oxygen atoms in total. The van der Waals surface area contributed by atoms with Crippen molar-refractivity contribution in [3.8, 4) is 0 Å². The Morgan fingerprint density at radius 2 is 1.73 bits per heavy atom. The molecule has 88 valence electrons. The molecule has 1 unspecified atom stereocenters. The van der Waals surface area contributed by atoms with Crippen molar-refractivity contribution in [2.45, 2.75) is 56.5 Å². The van der Waals surface area contributed by atoms with Crippen LogP contribution in [0.2, 0.25) is 0 Å². The van der Waals surface area contributed by atoms with Gasteiger partial charge in [0.05, 0.1) is 0 Å². The summed E-state index contributed by atoms with van der Waals surface area (Å²) in [5.74, 6) is 0. The highest BCUT2D eigenvalue weighted by Crippen LogP contribution is 2.26. The second-order valence-electron chi connectivity index (χ2n) is 4.78. The van der Waals surface area contributed by atoms with Crippen LogP contribution in [-0.4, -0.2) is 35.8 Å². The van der Waals surface area contributed by atoms with Gasteiger partial charge in [0.2, 0.25) is 0 Å². The molecule has 2 fully saturated rings. The second kappa shape index (κ2) is 6.12. The zero-order chi connectivity index (χ0) is 10.5. The van der Waals surface area contributed by atoms with Crippen LogP contribution in [0.3, 0.4) is 0 Å². The van der Waals surface area contributed by atoms with Gasteiger partial charge in [-0.2, -0.15) is 0 Å². The molecule has 1 N–H and O–H groups in total. The third kappa shape index (κ3) is 3.11. The molecule has 2 rings (SSSR count). The van der Waals surface area contributed by atoms with E-state index >= 15 is 0 Å².